The molecule has 1 aromatic carbocycles. The summed E-state index contributed by atoms with van der Waals surface area (Å²) in [5, 5.41) is 0.821. The molecule has 1 atom stereocenters. The summed E-state index contributed by atoms with van der Waals surface area (Å²) in [6, 6.07) is 7.15. The van der Waals surface area contributed by atoms with Gasteiger partial charge < -0.3 is 0 Å². The van der Waals surface area contributed by atoms with Crippen molar-refractivity contribution in [1.82, 2.24) is 9.97 Å². The first-order valence-corrected chi connectivity index (χ1v) is 8.47. The zero-order valence-electron chi connectivity index (χ0n) is 12.0. The minimum absolute atomic E-state index is 0.0107. The third-order valence-electron chi connectivity index (χ3n) is 3.31. The first-order chi connectivity index (χ1) is 10.5. The van der Waals surface area contributed by atoms with Crippen molar-refractivity contribution in [1.29, 1.82) is 0 Å². The number of benzene rings is 1. The predicted molar refractivity (Wildman–Crippen MR) is 90.7 cm³/mol. The highest BCUT2D eigenvalue weighted by molar-refractivity contribution is 8.00. The van der Waals surface area contributed by atoms with Crippen LogP contribution in [0.15, 0.2) is 24.3 Å². The summed E-state index contributed by atoms with van der Waals surface area (Å²) in [6.07, 6.45) is 0. The molecule has 2 aromatic rings. The lowest BCUT2D eigenvalue weighted by Gasteiger charge is -2.25. The molecular formula is C15H13Cl2N3OS. The molecule has 1 unspecified atom stereocenters. The van der Waals surface area contributed by atoms with Crippen molar-refractivity contribution in [3.8, 4) is 0 Å². The lowest BCUT2D eigenvalue weighted by molar-refractivity contribution is -0.115. The number of carbonyl (C=O) groups excluding carboxylic acids is 1. The van der Waals surface area contributed by atoms with E-state index in [0.29, 0.717) is 27.4 Å². The number of amides is 1. The number of nitrogens with zero attached hydrogens (tertiary/aromatic N) is 3. The molecule has 0 spiro atoms. The monoisotopic (exact) mass is 353 g/mol. The summed E-state index contributed by atoms with van der Waals surface area (Å²) in [5.74, 6) is 1.57. The molecule has 0 radical (unpaired) electrons. The highest BCUT2D eigenvalue weighted by Gasteiger charge is 2.37. The molecule has 1 fully saturated rings. The molecule has 0 saturated carbocycles. The van der Waals surface area contributed by atoms with Crippen LogP contribution in [0.5, 0.6) is 0 Å². The van der Waals surface area contributed by atoms with Crippen LogP contribution in [0.2, 0.25) is 10.0 Å². The van der Waals surface area contributed by atoms with Gasteiger partial charge in [0.15, 0.2) is 0 Å². The maximum atomic E-state index is 12.4. The Morgan fingerprint density at radius 3 is 2.55 bits per heavy atom. The number of carbonyl (C=O) groups is 1. The van der Waals surface area contributed by atoms with E-state index in [1.807, 2.05) is 13.8 Å². The van der Waals surface area contributed by atoms with Crippen LogP contribution in [0.4, 0.5) is 5.82 Å². The van der Waals surface area contributed by atoms with E-state index in [0.717, 1.165) is 11.3 Å². The molecule has 7 heteroatoms. The third kappa shape index (κ3) is 2.81. The van der Waals surface area contributed by atoms with E-state index in [4.69, 9.17) is 23.2 Å². The summed E-state index contributed by atoms with van der Waals surface area (Å²) < 4.78 is 0. The van der Waals surface area contributed by atoms with Gasteiger partial charge in [-0.15, -0.1) is 11.8 Å². The Kier molecular flexibility index (Phi) is 4.30. The van der Waals surface area contributed by atoms with Gasteiger partial charge in [-0.1, -0.05) is 29.3 Å². The van der Waals surface area contributed by atoms with Crippen molar-refractivity contribution in [3.05, 3.63) is 51.4 Å². The van der Waals surface area contributed by atoms with Crippen LogP contribution in [-0.4, -0.2) is 21.6 Å². The van der Waals surface area contributed by atoms with Crippen LogP contribution in [-0.2, 0) is 4.79 Å². The topological polar surface area (TPSA) is 46.1 Å². The van der Waals surface area contributed by atoms with Crippen LogP contribution >= 0.6 is 35.0 Å². The predicted octanol–water partition coefficient (Wildman–Crippen LogP) is 4.18. The molecule has 0 bridgehead atoms. The largest absolute Gasteiger partial charge is 0.279 e. The van der Waals surface area contributed by atoms with Crippen molar-refractivity contribution in [2.24, 2.45) is 0 Å². The molecular weight excluding hydrogens is 341 g/mol. The Bertz CT molecular complexity index is 713. The highest BCUT2D eigenvalue weighted by Crippen LogP contribution is 2.46. The van der Waals surface area contributed by atoms with E-state index in [1.165, 1.54) is 11.8 Å². The molecule has 1 aliphatic rings. The minimum Gasteiger partial charge on any atom is -0.279 e. The second-order valence-electron chi connectivity index (χ2n) is 4.98. The van der Waals surface area contributed by atoms with Crippen molar-refractivity contribution in [2.45, 2.75) is 19.2 Å². The standard InChI is InChI=1S/C15H13Cl2N3OS/c1-8-6-12(19-9(2)18-8)20-13(21)7-22-15(20)14-10(16)4-3-5-11(14)17/h3-6,15H,7H2,1-2H3. The second kappa shape index (κ2) is 6.07. The van der Waals surface area contributed by atoms with E-state index in [2.05, 4.69) is 9.97 Å². The number of thioether (sulfide) groups is 1. The maximum absolute atomic E-state index is 12.4. The van der Waals surface area contributed by atoms with Crippen LogP contribution in [0.25, 0.3) is 0 Å². The van der Waals surface area contributed by atoms with Gasteiger partial charge in [0.25, 0.3) is 0 Å². The Hall–Kier alpha value is -1.30. The van der Waals surface area contributed by atoms with Crippen LogP contribution in [0, 0.1) is 13.8 Å². The molecule has 22 heavy (non-hydrogen) atoms. The molecule has 0 aliphatic carbocycles. The molecule has 114 valence electrons. The Morgan fingerprint density at radius 1 is 1.23 bits per heavy atom. The fourth-order valence-corrected chi connectivity index (χ4v) is 4.42. The number of hydrogen-bond donors (Lipinski definition) is 0. The Balaban J connectivity index is 2.10. The lowest BCUT2D eigenvalue weighted by Crippen LogP contribution is -2.29. The zero-order chi connectivity index (χ0) is 15.9. The van der Waals surface area contributed by atoms with Gasteiger partial charge in [0.1, 0.15) is 17.0 Å². The van der Waals surface area contributed by atoms with Gasteiger partial charge in [0.05, 0.1) is 5.75 Å². The van der Waals surface area contributed by atoms with Gasteiger partial charge in [-0.3, -0.25) is 9.69 Å². The maximum Gasteiger partial charge on any atom is 0.239 e. The third-order valence-corrected chi connectivity index (χ3v) is 5.15. The number of aromatic nitrogens is 2. The molecule has 3 rings (SSSR count). The van der Waals surface area contributed by atoms with Crippen molar-refractivity contribution in [2.75, 3.05) is 10.7 Å². The number of halogens is 2. The van der Waals surface area contributed by atoms with Crippen molar-refractivity contribution in [3.63, 3.8) is 0 Å². The molecule has 2 heterocycles. The molecule has 1 saturated heterocycles. The number of anilines is 1. The van der Waals surface area contributed by atoms with Crippen LogP contribution in [0.3, 0.4) is 0 Å². The summed E-state index contributed by atoms with van der Waals surface area (Å²) >= 11 is 14.1. The fourth-order valence-electron chi connectivity index (χ4n) is 2.45. The van der Waals surface area contributed by atoms with E-state index < -0.39 is 0 Å². The van der Waals surface area contributed by atoms with Crippen molar-refractivity contribution < 1.29 is 4.79 Å². The molecule has 1 aliphatic heterocycles. The average Bonchev–Trinajstić information content (AvgIpc) is 2.79. The van der Waals surface area contributed by atoms with E-state index >= 15 is 0 Å². The van der Waals surface area contributed by atoms with Crippen LogP contribution < -0.4 is 4.90 Å². The normalized spacial score (nSPS) is 18.1. The summed E-state index contributed by atoms with van der Waals surface area (Å²) in [7, 11) is 0. The zero-order valence-corrected chi connectivity index (χ0v) is 14.3. The number of hydrogen-bond acceptors (Lipinski definition) is 4. The Morgan fingerprint density at radius 2 is 1.91 bits per heavy atom. The summed E-state index contributed by atoms with van der Waals surface area (Å²) in [6.45, 7) is 3.69. The smallest absolute Gasteiger partial charge is 0.239 e. The summed E-state index contributed by atoms with van der Waals surface area (Å²) in [4.78, 5) is 22.7. The van der Waals surface area contributed by atoms with Gasteiger partial charge in [0, 0.05) is 27.4 Å². The van der Waals surface area contributed by atoms with E-state index in [1.54, 1.807) is 29.2 Å². The highest BCUT2D eigenvalue weighted by atomic mass is 35.5. The van der Waals surface area contributed by atoms with Gasteiger partial charge in [-0.2, -0.15) is 0 Å². The van der Waals surface area contributed by atoms with Gasteiger partial charge in [-0.25, -0.2) is 9.97 Å². The van der Waals surface area contributed by atoms with Gasteiger partial charge in [0.2, 0.25) is 5.91 Å². The van der Waals surface area contributed by atoms with Gasteiger partial charge >= 0.3 is 0 Å². The first kappa shape index (κ1) is 15.6. The first-order valence-electron chi connectivity index (χ1n) is 6.67. The molecule has 4 nitrogen and oxygen atoms in total. The lowest BCUT2D eigenvalue weighted by atomic mass is 10.2. The quantitative estimate of drug-likeness (QED) is 0.812. The molecule has 0 N–H and O–H groups in total. The molecule has 1 aromatic heterocycles. The summed E-state index contributed by atoms with van der Waals surface area (Å²) in [5.41, 5.74) is 1.56. The van der Waals surface area contributed by atoms with E-state index in [-0.39, 0.29) is 11.3 Å². The van der Waals surface area contributed by atoms with Crippen LogP contribution in [0.1, 0.15) is 22.5 Å². The second-order valence-corrected chi connectivity index (χ2v) is 6.86. The fraction of sp³-hybridized carbons (Fsp3) is 0.267. The van der Waals surface area contributed by atoms with Crippen molar-refractivity contribution >= 4 is 46.7 Å². The minimum atomic E-state index is -0.276. The Labute approximate surface area is 142 Å². The van der Waals surface area contributed by atoms with Gasteiger partial charge in [-0.05, 0) is 26.0 Å². The number of aryl methyl sites for hydroxylation is 2. The molecule has 1 amide bonds. The number of rotatable bonds is 2. The SMILES string of the molecule is Cc1cc(N2C(=O)CSC2c2c(Cl)cccc2Cl)nc(C)n1. The average molecular weight is 354 g/mol. The van der Waals surface area contributed by atoms with E-state index in [9.17, 15) is 4.79 Å².